The average molecular weight is 288 g/mol. The summed E-state index contributed by atoms with van der Waals surface area (Å²) >= 11 is 1.64. The summed E-state index contributed by atoms with van der Waals surface area (Å²) in [5.41, 5.74) is 2.21. The first kappa shape index (κ1) is 12.9. The zero-order valence-corrected chi connectivity index (χ0v) is 12.3. The number of rotatable bonds is 5. The highest BCUT2D eigenvalue weighted by molar-refractivity contribution is 7.22. The fraction of sp³-hybridized carbons (Fsp3) is 0.286. The molecule has 2 aromatic heterocycles. The summed E-state index contributed by atoms with van der Waals surface area (Å²) in [6, 6.07) is 7.96. The molecule has 3 rings (SSSR count). The van der Waals surface area contributed by atoms with Gasteiger partial charge in [-0.15, -0.1) is 0 Å². The van der Waals surface area contributed by atoms with Gasteiger partial charge >= 0.3 is 0 Å². The van der Waals surface area contributed by atoms with E-state index < -0.39 is 0 Å². The smallest absolute Gasteiger partial charge is 0.183 e. The van der Waals surface area contributed by atoms with Gasteiger partial charge in [0, 0.05) is 31.9 Å². The lowest BCUT2D eigenvalue weighted by Crippen LogP contribution is -2.07. The first-order chi connectivity index (χ1) is 9.76. The number of nitrogens with zero attached hydrogens (tertiary/aromatic N) is 3. The highest BCUT2D eigenvalue weighted by Crippen LogP contribution is 2.28. The van der Waals surface area contributed by atoms with Gasteiger partial charge in [-0.1, -0.05) is 11.3 Å². The second kappa shape index (κ2) is 5.50. The molecule has 6 heteroatoms. The Hall–Kier alpha value is -2.08. The van der Waals surface area contributed by atoms with Gasteiger partial charge in [0.2, 0.25) is 0 Å². The predicted octanol–water partition coefficient (Wildman–Crippen LogP) is 2.69. The molecule has 3 aromatic rings. The molecule has 0 spiro atoms. The van der Waals surface area contributed by atoms with E-state index in [-0.39, 0.29) is 0 Å². The van der Waals surface area contributed by atoms with Gasteiger partial charge in [-0.05, 0) is 24.3 Å². The number of aryl methyl sites for hydroxylation is 1. The molecular weight excluding hydrogens is 272 g/mol. The molecule has 0 atom stereocenters. The van der Waals surface area contributed by atoms with Crippen LogP contribution in [-0.2, 0) is 13.5 Å². The van der Waals surface area contributed by atoms with Crippen LogP contribution in [-0.4, -0.2) is 28.4 Å². The Morgan fingerprint density at radius 3 is 3.00 bits per heavy atom. The van der Waals surface area contributed by atoms with Crippen molar-refractivity contribution >= 4 is 26.7 Å². The van der Waals surface area contributed by atoms with E-state index in [1.807, 2.05) is 42.2 Å². The standard InChI is InChI=1S/C14H16N4OS/c1-18-10(6-8-16-18)5-7-15-14-17-12-4-3-11(19-2)9-13(12)20-14/h3-4,6,8-9H,5,7H2,1-2H3,(H,15,17). The molecule has 0 bridgehead atoms. The highest BCUT2D eigenvalue weighted by Gasteiger charge is 2.05. The SMILES string of the molecule is COc1ccc2nc(NCCc3ccnn3C)sc2c1. The summed E-state index contributed by atoms with van der Waals surface area (Å²) < 4.78 is 8.25. The fourth-order valence-corrected chi connectivity index (χ4v) is 2.97. The molecule has 0 unspecified atom stereocenters. The van der Waals surface area contributed by atoms with Crippen LogP contribution in [0.3, 0.4) is 0 Å². The van der Waals surface area contributed by atoms with Crippen molar-refractivity contribution in [3.8, 4) is 5.75 Å². The molecule has 0 saturated heterocycles. The summed E-state index contributed by atoms with van der Waals surface area (Å²) in [5, 5.41) is 8.46. The van der Waals surface area contributed by atoms with Crippen LogP contribution in [0.25, 0.3) is 10.2 Å². The lowest BCUT2D eigenvalue weighted by Gasteiger charge is -2.02. The number of aromatic nitrogens is 3. The Bertz CT molecular complexity index is 719. The minimum Gasteiger partial charge on any atom is -0.497 e. The summed E-state index contributed by atoms with van der Waals surface area (Å²) in [6.45, 7) is 0.844. The minimum absolute atomic E-state index is 0.844. The molecule has 0 amide bonds. The third-order valence-electron chi connectivity index (χ3n) is 3.18. The van der Waals surface area contributed by atoms with Crippen LogP contribution in [0, 0.1) is 0 Å². The molecule has 0 saturated carbocycles. The van der Waals surface area contributed by atoms with E-state index in [4.69, 9.17) is 4.74 Å². The Labute approximate surface area is 121 Å². The number of anilines is 1. The summed E-state index contributed by atoms with van der Waals surface area (Å²) in [5.74, 6) is 0.864. The average Bonchev–Trinajstić information content (AvgIpc) is 3.04. The maximum atomic E-state index is 5.22. The van der Waals surface area contributed by atoms with Gasteiger partial charge in [-0.25, -0.2) is 4.98 Å². The molecule has 1 aromatic carbocycles. The van der Waals surface area contributed by atoms with E-state index in [1.165, 1.54) is 5.69 Å². The van der Waals surface area contributed by atoms with Crippen molar-refractivity contribution in [2.24, 2.45) is 7.05 Å². The third kappa shape index (κ3) is 2.60. The van der Waals surface area contributed by atoms with Crippen molar-refractivity contribution in [2.45, 2.75) is 6.42 Å². The number of fused-ring (bicyclic) bond motifs is 1. The van der Waals surface area contributed by atoms with Crippen molar-refractivity contribution in [3.63, 3.8) is 0 Å². The van der Waals surface area contributed by atoms with Crippen molar-refractivity contribution in [1.82, 2.24) is 14.8 Å². The molecule has 2 heterocycles. The first-order valence-electron chi connectivity index (χ1n) is 6.41. The molecule has 1 N–H and O–H groups in total. The summed E-state index contributed by atoms with van der Waals surface area (Å²) in [6.07, 6.45) is 2.75. The van der Waals surface area contributed by atoms with Gasteiger partial charge in [0.15, 0.2) is 5.13 Å². The second-order valence-electron chi connectivity index (χ2n) is 4.48. The number of nitrogens with one attached hydrogen (secondary N) is 1. The van der Waals surface area contributed by atoms with Gasteiger partial charge in [-0.2, -0.15) is 5.10 Å². The maximum Gasteiger partial charge on any atom is 0.183 e. The maximum absolute atomic E-state index is 5.22. The predicted molar refractivity (Wildman–Crippen MR) is 81.6 cm³/mol. The van der Waals surface area contributed by atoms with Crippen LogP contribution in [0.2, 0.25) is 0 Å². The minimum atomic E-state index is 0.844. The fourth-order valence-electron chi connectivity index (χ4n) is 2.05. The normalized spacial score (nSPS) is 10.9. The summed E-state index contributed by atoms with van der Waals surface area (Å²) in [7, 11) is 3.63. The molecular formula is C14H16N4OS. The number of hydrogen-bond donors (Lipinski definition) is 1. The third-order valence-corrected chi connectivity index (χ3v) is 4.15. The number of hydrogen-bond acceptors (Lipinski definition) is 5. The zero-order valence-electron chi connectivity index (χ0n) is 11.5. The molecule has 104 valence electrons. The monoisotopic (exact) mass is 288 g/mol. The van der Waals surface area contributed by atoms with E-state index in [2.05, 4.69) is 15.4 Å². The van der Waals surface area contributed by atoms with Gasteiger partial charge in [0.25, 0.3) is 0 Å². The number of thiazole rings is 1. The lowest BCUT2D eigenvalue weighted by molar-refractivity contribution is 0.415. The molecule has 0 aliphatic carbocycles. The van der Waals surface area contributed by atoms with Crippen LogP contribution in [0.1, 0.15) is 5.69 Å². The Morgan fingerprint density at radius 2 is 2.25 bits per heavy atom. The van der Waals surface area contributed by atoms with Crippen molar-refractivity contribution in [2.75, 3.05) is 19.0 Å². The zero-order chi connectivity index (χ0) is 13.9. The lowest BCUT2D eigenvalue weighted by atomic mass is 10.3. The number of benzene rings is 1. The van der Waals surface area contributed by atoms with Crippen molar-refractivity contribution in [3.05, 3.63) is 36.2 Å². The molecule has 0 aliphatic rings. The largest absolute Gasteiger partial charge is 0.497 e. The molecule has 0 aliphatic heterocycles. The van der Waals surface area contributed by atoms with Crippen molar-refractivity contribution < 1.29 is 4.74 Å². The highest BCUT2D eigenvalue weighted by atomic mass is 32.1. The van der Waals surface area contributed by atoms with E-state index >= 15 is 0 Å². The van der Waals surface area contributed by atoms with E-state index in [0.717, 1.165) is 34.1 Å². The Morgan fingerprint density at radius 1 is 1.35 bits per heavy atom. The van der Waals surface area contributed by atoms with E-state index in [9.17, 15) is 0 Å². The summed E-state index contributed by atoms with van der Waals surface area (Å²) in [4.78, 5) is 4.56. The van der Waals surface area contributed by atoms with Crippen LogP contribution in [0.15, 0.2) is 30.5 Å². The first-order valence-corrected chi connectivity index (χ1v) is 7.23. The van der Waals surface area contributed by atoms with Gasteiger partial charge in [0.1, 0.15) is 5.75 Å². The second-order valence-corrected chi connectivity index (χ2v) is 5.51. The van der Waals surface area contributed by atoms with Crippen LogP contribution in [0.4, 0.5) is 5.13 Å². The Kier molecular flexibility index (Phi) is 3.56. The van der Waals surface area contributed by atoms with Crippen molar-refractivity contribution in [1.29, 1.82) is 0 Å². The quantitative estimate of drug-likeness (QED) is 0.784. The Balaban J connectivity index is 1.67. The van der Waals surface area contributed by atoms with E-state index in [0.29, 0.717) is 0 Å². The van der Waals surface area contributed by atoms with Crippen LogP contribution in [0.5, 0.6) is 5.75 Å². The number of methoxy groups -OCH3 is 1. The van der Waals surface area contributed by atoms with Gasteiger partial charge in [0.05, 0.1) is 17.3 Å². The molecule has 20 heavy (non-hydrogen) atoms. The number of ether oxygens (including phenoxy) is 1. The van der Waals surface area contributed by atoms with Gasteiger partial charge in [-0.3, -0.25) is 4.68 Å². The molecule has 0 fully saturated rings. The molecule has 0 radical (unpaired) electrons. The van der Waals surface area contributed by atoms with Gasteiger partial charge < -0.3 is 10.1 Å². The van der Waals surface area contributed by atoms with E-state index in [1.54, 1.807) is 18.4 Å². The van der Waals surface area contributed by atoms with Crippen LogP contribution < -0.4 is 10.1 Å². The van der Waals surface area contributed by atoms with Crippen LogP contribution >= 0.6 is 11.3 Å². The molecule has 5 nitrogen and oxygen atoms in total. The topological polar surface area (TPSA) is 52.0 Å².